The summed E-state index contributed by atoms with van der Waals surface area (Å²) in [4.78, 5) is 35.2. The van der Waals surface area contributed by atoms with Crippen LogP contribution in [0.5, 0.6) is 0 Å². The number of allylic oxidation sites excluding steroid dienone is 2. The standard InChI is InChI=1S/C16H30O2.C16H28O2.C16H28O/c2*1-14-12-15(17)10-8-6-4-2-3-5-7-9-11-16(18)13-14;1-14-12-15-10-8-6-4-2-3-5-7-9-11-16(13-14)17-15/h14-15,17H,2-13H2,1H3;14H,2-13H2,1H3;12,14,16H,2-11,13H2,1H3. The number of Topliss-reactive ketones (excluding diaryl/α,β-unsaturated/α-hetero) is 3. The van der Waals surface area contributed by atoms with E-state index in [9.17, 15) is 19.5 Å². The third-order valence-corrected chi connectivity index (χ3v) is 11.9. The predicted molar refractivity (Wildman–Crippen MR) is 223 cm³/mol. The molecule has 4 unspecified atom stereocenters. The van der Waals surface area contributed by atoms with Crippen molar-refractivity contribution in [3.05, 3.63) is 11.8 Å². The van der Waals surface area contributed by atoms with E-state index in [0.29, 0.717) is 48.6 Å². The number of fused-ring (bicyclic) bond motifs is 2. The zero-order valence-corrected chi connectivity index (χ0v) is 35.3. The Balaban J connectivity index is 0.000000275. The van der Waals surface area contributed by atoms with Gasteiger partial charge in [-0.25, -0.2) is 0 Å². The fraction of sp³-hybridized carbons (Fsp3) is 0.896. The summed E-state index contributed by atoms with van der Waals surface area (Å²) in [6.07, 6.45) is 42.9. The van der Waals surface area contributed by atoms with E-state index in [1.54, 1.807) is 0 Å². The number of hydrogen-bond acceptors (Lipinski definition) is 5. The first-order chi connectivity index (χ1) is 25.7. The molecular formula is C48H86O5. The van der Waals surface area contributed by atoms with Crippen LogP contribution in [0.1, 0.15) is 245 Å². The maximum Gasteiger partial charge on any atom is 0.133 e. The first kappa shape index (κ1) is 47.7. The maximum absolute atomic E-state index is 11.8. The molecule has 3 fully saturated rings. The Bertz CT molecular complexity index is 945. The monoisotopic (exact) mass is 743 g/mol. The molecule has 2 bridgehead atoms. The Kier molecular flexibility index (Phi) is 28.5. The third kappa shape index (κ3) is 27.7. The lowest BCUT2D eigenvalue weighted by Crippen LogP contribution is -2.20. The number of aliphatic hydroxyl groups excluding tert-OH is 1. The first-order valence-electron chi connectivity index (χ1n) is 23.3. The summed E-state index contributed by atoms with van der Waals surface area (Å²) >= 11 is 0. The van der Waals surface area contributed by atoms with Gasteiger partial charge in [-0.3, -0.25) is 14.4 Å². The topological polar surface area (TPSA) is 80.7 Å². The number of ether oxygens (including phenoxy) is 1. The van der Waals surface area contributed by atoms with Crippen LogP contribution in [-0.2, 0) is 19.1 Å². The second kappa shape index (κ2) is 31.7. The van der Waals surface area contributed by atoms with Crippen LogP contribution in [0.15, 0.2) is 11.8 Å². The van der Waals surface area contributed by atoms with Gasteiger partial charge in [-0.1, -0.05) is 143 Å². The fourth-order valence-corrected chi connectivity index (χ4v) is 8.83. The lowest BCUT2D eigenvalue weighted by Gasteiger charge is -2.28. The van der Waals surface area contributed by atoms with E-state index in [1.165, 1.54) is 153 Å². The summed E-state index contributed by atoms with van der Waals surface area (Å²) in [5.41, 5.74) is 0. The first-order valence-corrected chi connectivity index (χ1v) is 23.3. The van der Waals surface area contributed by atoms with Gasteiger partial charge in [0.05, 0.1) is 18.0 Å². The molecule has 5 nitrogen and oxygen atoms in total. The van der Waals surface area contributed by atoms with Crippen LogP contribution in [-0.4, -0.2) is 34.7 Å². The Hall–Kier alpha value is -1.49. The van der Waals surface area contributed by atoms with Crippen molar-refractivity contribution in [3.63, 3.8) is 0 Å². The molecule has 53 heavy (non-hydrogen) atoms. The molecule has 2 aliphatic carbocycles. The van der Waals surface area contributed by atoms with E-state index in [0.717, 1.165) is 63.7 Å². The number of rotatable bonds is 0. The van der Waals surface area contributed by atoms with Crippen LogP contribution in [0.25, 0.3) is 0 Å². The molecule has 2 heterocycles. The van der Waals surface area contributed by atoms with E-state index in [4.69, 9.17) is 4.74 Å². The highest BCUT2D eigenvalue weighted by Gasteiger charge is 2.21. The van der Waals surface area contributed by atoms with Gasteiger partial charge in [0.1, 0.15) is 17.3 Å². The highest BCUT2D eigenvalue weighted by molar-refractivity contribution is 5.81. The number of hydrogen-bond donors (Lipinski definition) is 1. The van der Waals surface area contributed by atoms with Crippen molar-refractivity contribution in [3.8, 4) is 0 Å². The minimum absolute atomic E-state index is 0.196. The summed E-state index contributed by atoms with van der Waals surface area (Å²) in [5, 5.41) is 9.92. The van der Waals surface area contributed by atoms with Gasteiger partial charge in [0.15, 0.2) is 0 Å². The molecule has 2 aliphatic heterocycles. The molecule has 0 aromatic heterocycles. The van der Waals surface area contributed by atoms with Gasteiger partial charge in [-0.05, 0) is 81.6 Å². The molecule has 0 radical (unpaired) electrons. The summed E-state index contributed by atoms with van der Waals surface area (Å²) in [5.74, 6) is 3.72. The molecule has 308 valence electrons. The number of carbonyl (C=O) groups is 3. The molecule has 2 saturated carbocycles. The van der Waals surface area contributed by atoms with Gasteiger partial charge in [0.2, 0.25) is 0 Å². The summed E-state index contributed by atoms with van der Waals surface area (Å²) in [7, 11) is 0. The molecule has 4 rings (SSSR count). The fourth-order valence-electron chi connectivity index (χ4n) is 8.83. The van der Waals surface area contributed by atoms with E-state index in [-0.39, 0.29) is 12.0 Å². The molecule has 1 N–H and O–H groups in total. The van der Waals surface area contributed by atoms with Crippen molar-refractivity contribution in [1.82, 2.24) is 0 Å². The largest absolute Gasteiger partial charge is 0.495 e. The lowest BCUT2D eigenvalue weighted by atomic mass is 9.94. The van der Waals surface area contributed by atoms with Crippen LogP contribution < -0.4 is 0 Å². The van der Waals surface area contributed by atoms with E-state index in [1.807, 2.05) is 6.92 Å². The molecule has 0 aromatic carbocycles. The zero-order chi connectivity index (χ0) is 38.4. The van der Waals surface area contributed by atoms with Crippen LogP contribution in [0.3, 0.4) is 0 Å². The van der Waals surface area contributed by atoms with Gasteiger partial charge in [-0.15, -0.1) is 0 Å². The Morgan fingerprint density at radius 2 is 0.811 bits per heavy atom. The predicted octanol–water partition coefficient (Wildman–Crippen LogP) is 13.9. The van der Waals surface area contributed by atoms with Gasteiger partial charge in [0.25, 0.3) is 0 Å². The van der Waals surface area contributed by atoms with Gasteiger partial charge >= 0.3 is 0 Å². The average molecular weight is 743 g/mol. The molecule has 4 atom stereocenters. The molecule has 0 aromatic rings. The molecule has 5 heteroatoms. The van der Waals surface area contributed by atoms with Gasteiger partial charge in [-0.2, -0.15) is 0 Å². The smallest absolute Gasteiger partial charge is 0.133 e. The molecule has 0 amide bonds. The van der Waals surface area contributed by atoms with Crippen LogP contribution in [0, 0.1) is 17.8 Å². The third-order valence-electron chi connectivity index (χ3n) is 11.9. The maximum atomic E-state index is 11.8. The zero-order valence-electron chi connectivity index (χ0n) is 35.3. The Morgan fingerprint density at radius 1 is 0.453 bits per heavy atom. The lowest BCUT2D eigenvalue weighted by molar-refractivity contribution is -0.122. The second-order valence-corrected chi connectivity index (χ2v) is 18.0. The van der Waals surface area contributed by atoms with Gasteiger partial charge in [0, 0.05) is 44.9 Å². The SMILES string of the molecule is CC1C=C2CCCCCCCCCCC(C1)O2.CC1CC(=O)CCCCCCCCCCC(=O)C1.CC1CC(=O)CCCCCCCCCCC(O)C1. The van der Waals surface area contributed by atoms with Crippen molar-refractivity contribution in [2.75, 3.05) is 0 Å². The van der Waals surface area contributed by atoms with Crippen molar-refractivity contribution in [2.45, 2.75) is 258 Å². The van der Waals surface area contributed by atoms with Crippen molar-refractivity contribution >= 4 is 17.3 Å². The van der Waals surface area contributed by atoms with Crippen molar-refractivity contribution in [2.24, 2.45) is 17.8 Å². The summed E-state index contributed by atoms with van der Waals surface area (Å²) < 4.78 is 6.13. The second-order valence-electron chi connectivity index (χ2n) is 18.0. The van der Waals surface area contributed by atoms with E-state index in [2.05, 4.69) is 19.9 Å². The average Bonchev–Trinajstić information content (AvgIpc) is 3.10. The molecule has 4 aliphatic rings. The van der Waals surface area contributed by atoms with Crippen LogP contribution in [0.2, 0.25) is 0 Å². The van der Waals surface area contributed by atoms with Crippen molar-refractivity contribution in [1.29, 1.82) is 0 Å². The highest BCUT2D eigenvalue weighted by atomic mass is 16.5. The summed E-state index contributed by atoms with van der Waals surface area (Å²) in [6, 6.07) is 0. The normalized spacial score (nSPS) is 28.7. The van der Waals surface area contributed by atoms with Crippen LogP contribution in [0.4, 0.5) is 0 Å². The van der Waals surface area contributed by atoms with E-state index >= 15 is 0 Å². The minimum Gasteiger partial charge on any atom is -0.495 e. The molecule has 1 saturated heterocycles. The molecular weight excluding hydrogens is 657 g/mol. The summed E-state index contributed by atoms with van der Waals surface area (Å²) in [6.45, 7) is 6.47. The van der Waals surface area contributed by atoms with Crippen LogP contribution >= 0.6 is 0 Å². The Morgan fingerprint density at radius 3 is 1.26 bits per heavy atom. The number of aliphatic hydroxyl groups is 1. The molecule has 0 spiro atoms. The Labute approximate surface area is 328 Å². The van der Waals surface area contributed by atoms with Crippen molar-refractivity contribution < 1.29 is 24.2 Å². The van der Waals surface area contributed by atoms with Gasteiger partial charge < -0.3 is 9.84 Å². The quantitative estimate of drug-likeness (QED) is 0.267. The minimum atomic E-state index is -0.196. The number of carbonyl (C=O) groups excluding carboxylic acids is 3. The number of ketones is 3. The highest BCUT2D eigenvalue weighted by Crippen LogP contribution is 2.29. The van der Waals surface area contributed by atoms with E-state index < -0.39 is 0 Å².